The van der Waals surface area contributed by atoms with Gasteiger partial charge in [0.2, 0.25) is 0 Å². The molecule has 0 saturated carbocycles. The van der Waals surface area contributed by atoms with Gasteiger partial charge in [-0.25, -0.2) is 4.68 Å². The molecule has 0 aliphatic heterocycles. The Morgan fingerprint density at radius 1 is 1.14 bits per heavy atom. The van der Waals surface area contributed by atoms with E-state index >= 15 is 0 Å². The highest BCUT2D eigenvalue weighted by molar-refractivity contribution is 6.04. The molecule has 0 fully saturated rings. The van der Waals surface area contributed by atoms with Gasteiger partial charge in [0, 0.05) is 23.2 Å². The largest absolute Gasteiger partial charge is 0.496 e. The zero-order valence-electron chi connectivity index (χ0n) is 16.1. The molecule has 0 amide bonds. The maximum atomic E-state index is 12.4. The normalized spacial score (nSPS) is 11.3. The maximum Gasteiger partial charge on any atom is 0.175 e. The van der Waals surface area contributed by atoms with Crippen LogP contribution < -0.4 is 4.74 Å². The third-order valence-corrected chi connectivity index (χ3v) is 4.34. The summed E-state index contributed by atoms with van der Waals surface area (Å²) in [6.07, 6.45) is 3.43. The number of carbonyl (C=O) groups excluding carboxylic acids is 1. The van der Waals surface area contributed by atoms with E-state index in [0.29, 0.717) is 17.0 Å². The number of ketones is 1. The molecular weight excluding hydrogens is 350 g/mol. The van der Waals surface area contributed by atoms with E-state index < -0.39 is 0 Å². The van der Waals surface area contributed by atoms with Gasteiger partial charge in [0.05, 0.1) is 18.4 Å². The molecule has 0 atom stereocenters. The van der Waals surface area contributed by atoms with E-state index in [1.54, 1.807) is 31.7 Å². The van der Waals surface area contributed by atoms with Crippen molar-refractivity contribution in [3.63, 3.8) is 0 Å². The Bertz CT molecular complexity index is 1060. The molecule has 1 heterocycles. The summed E-state index contributed by atoms with van der Waals surface area (Å²) < 4.78 is 7.22. The number of Topliss-reactive ketones (excluding diaryl/α,β-unsaturated/α-hetero) is 1. The molecule has 0 saturated heterocycles. The highest BCUT2D eigenvalue weighted by Crippen LogP contribution is 2.33. The van der Waals surface area contributed by atoms with Crippen LogP contribution in [0.5, 0.6) is 5.75 Å². The van der Waals surface area contributed by atoms with Crippen LogP contribution in [0.3, 0.4) is 0 Å². The van der Waals surface area contributed by atoms with Gasteiger partial charge < -0.3 is 4.74 Å². The molecule has 5 heteroatoms. The van der Waals surface area contributed by atoms with Crippen LogP contribution in [0.4, 0.5) is 0 Å². The first-order valence-electron chi connectivity index (χ1n) is 8.99. The van der Waals surface area contributed by atoms with Crippen LogP contribution in [0, 0.1) is 17.2 Å². The van der Waals surface area contributed by atoms with Gasteiger partial charge in [-0.1, -0.05) is 44.2 Å². The number of aromatic nitrogens is 2. The first-order valence-corrected chi connectivity index (χ1v) is 8.99. The molecule has 3 aromatic rings. The molecule has 0 aliphatic rings. The summed E-state index contributed by atoms with van der Waals surface area (Å²) in [7, 11) is 1.60. The van der Waals surface area contributed by atoms with Crippen molar-refractivity contribution in [3.8, 4) is 28.8 Å². The zero-order valence-corrected chi connectivity index (χ0v) is 16.1. The fourth-order valence-corrected chi connectivity index (χ4v) is 2.88. The molecule has 0 N–H and O–H groups in total. The third-order valence-electron chi connectivity index (χ3n) is 4.34. The van der Waals surface area contributed by atoms with Gasteiger partial charge in [-0.05, 0) is 30.3 Å². The SMILES string of the molecule is COc1ccccc1-c1nn(-c2ccccc2)cc1/C=C(\C#N)C(=O)C(C)C. The van der Waals surface area contributed by atoms with Gasteiger partial charge >= 0.3 is 0 Å². The molecule has 5 nitrogen and oxygen atoms in total. The Morgan fingerprint density at radius 3 is 2.46 bits per heavy atom. The minimum Gasteiger partial charge on any atom is -0.496 e. The van der Waals surface area contributed by atoms with Crippen LogP contribution in [-0.2, 0) is 4.79 Å². The van der Waals surface area contributed by atoms with E-state index in [4.69, 9.17) is 9.84 Å². The summed E-state index contributed by atoms with van der Waals surface area (Å²) in [6.45, 7) is 3.56. The van der Waals surface area contributed by atoms with Crippen LogP contribution in [0.1, 0.15) is 19.4 Å². The lowest BCUT2D eigenvalue weighted by Crippen LogP contribution is -2.08. The van der Waals surface area contributed by atoms with E-state index in [2.05, 4.69) is 0 Å². The molecule has 1 aromatic heterocycles. The molecule has 140 valence electrons. The topological polar surface area (TPSA) is 67.9 Å². The predicted octanol–water partition coefficient (Wildman–Crippen LogP) is 4.68. The van der Waals surface area contributed by atoms with E-state index in [0.717, 1.165) is 11.3 Å². The van der Waals surface area contributed by atoms with Gasteiger partial charge in [0.25, 0.3) is 0 Å². The number of methoxy groups -OCH3 is 1. The summed E-state index contributed by atoms with van der Waals surface area (Å²) >= 11 is 0. The standard InChI is InChI=1S/C23H21N3O2/c1-16(2)23(27)17(14-24)13-18-15-26(19-9-5-4-6-10-19)25-22(18)20-11-7-8-12-21(20)28-3/h4-13,15-16H,1-3H3/b17-13+. The van der Waals surface area contributed by atoms with E-state index in [9.17, 15) is 10.1 Å². The van der Waals surface area contributed by atoms with Crippen LogP contribution in [0.15, 0.2) is 66.4 Å². The fraction of sp³-hybridized carbons (Fsp3) is 0.174. The number of carbonyl (C=O) groups is 1. The van der Waals surface area contributed by atoms with E-state index in [-0.39, 0.29) is 17.3 Å². The summed E-state index contributed by atoms with van der Waals surface area (Å²) in [5.41, 5.74) is 3.11. The Hall–Kier alpha value is -3.65. The number of hydrogen-bond acceptors (Lipinski definition) is 4. The smallest absolute Gasteiger partial charge is 0.175 e. The van der Waals surface area contributed by atoms with Crippen molar-refractivity contribution in [3.05, 3.63) is 71.9 Å². The quantitative estimate of drug-likeness (QED) is 0.466. The molecule has 0 radical (unpaired) electrons. The molecule has 0 spiro atoms. The molecule has 2 aromatic carbocycles. The Balaban J connectivity index is 2.22. The van der Waals surface area contributed by atoms with Crippen molar-refractivity contribution >= 4 is 11.9 Å². The second-order valence-electron chi connectivity index (χ2n) is 6.60. The van der Waals surface area contributed by atoms with Crippen molar-refractivity contribution in [2.45, 2.75) is 13.8 Å². The first kappa shape index (κ1) is 19.1. The molecular formula is C23H21N3O2. The number of nitriles is 1. The van der Waals surface area contributed by atoms with Crippen molar-refractivity contribution < 1.29 is 9.53 Å². The minimum atomic E-state index is -0.259. The highest BCUT2D eigenvalue weighted by Gasteiger charge is 2.18. The molecule has 0 bridgehead atoms. The number of ether oxygens (including phenoxy) is 1. The number of para-hydroxylation sites is 2. The van der Waals surface area contributed by atoms with Crippen molar-refractivity contribution in [2.24, 2.45) is 5.92 Å². The van der Waals surface area contributed by atoms with Crippen LogP contribution >= 0.6 is 0 Å². The summed E-state index contributed by atoms with van der Waals surface area (Å²) in [4.78, 5) is 12.4. The van der Waals surface area contributed by atoms with Crippen LogP contribution in [-0.4, -0.2) is 22.7 Å². The third kappa shape index (κ3) is 3.86. The average Bonchev–Trinajstić information content (AvgIpc) is 3.15. The van der Waals surface area contributed by atoms with Gasteiger partial charge in [0.1, 0.15) is 17.5 Å². The Labute approximate surface area is 164 Å². The van der Waals surface area contributed by atoms with Crippen LogP contribution in [0.2, 0.25) is 0 Å². The van der Waals surface area contributed by atoms with Gasteiger partial charge in [0.15, 0.2) is 5.78 Å². The lowest BCUT2D eigenvalue weighted by atomic mass is 9.99. The molecule has 0 aliphatic carbocycles. The fourth-order valence-electron chi connectivity index (χ4n) is 2.88. The lowest BCUT2D eigenvalue weighted by Gasteiger charge is -2.07. The molecule has 3 rings (SSSR count). The average molecular weight is 371 g/mol. The van der Waals surface area contributed by atoms with Crippen molar-refractivity contribution in [2.75, 3.05) is 7.11 Å². The van der Waals surface area contributed by atoms with Crippen molar-refractivity contribution in [1.29, 1.82) is 5.26 Å². The lowest BCUT2D eigenvalue weighted by molar-refractivity contribution is -0.117. The van der Waals surface area contributed by atoms with Gasteiger partial charge in [-0.2, -0.15) is 10.4 Å². The highest BCUT2D eigenvalue weighted by atomic mass is 16.5. The zero-order chi connectivity index (χ0) is 20.1. The van der Waals surface area contributed by atoms with Crippen LogP contribution in [0.25, 0.3) is 23.0 Å². The number of hydrogen-bond donors (Lipinski definition) is 0. The van der Waals surface area contributed by atoms with Gasteiger partial charge in [-0.15, -0.1) is 0 Å². The number of nitrogens with zero attached hydrogens (tertiary/aromatic N) is 3. The second-order valence-corrected chi connectivity index (χ2v) is 6.60. The number of benzene rings is 2. The predicted molar refractivity (Wildman–Crippen MR) is 109 cm³/mol. The monoisotopic (exact) mass is 371 g/mol. The van der Waals surface area contributed by atoms with Gasteiger partial charge in [-0.3, -0.25) is 4.79 Å². The second kappa shape index (κ2) is 8.36. The number of rotatable bonds is 6. The number of allylic oxidation sites excluding steroid dienone is 1. The molecule has 0 unspecified atom stereocenters. The summed E-state index contributed by atoms with van der Waals surface area (Å²) in [6, 6.07) is 19.3. The Kier molecular flexibility index (Phi) is 5.71. The summed E-state index contributed by atoms with van der Waals surface area (Å²) in [5, 5.41) is 14.2. The van der Waals surface area contributed by atoms with E-state index in [1.807, 2.05) is 66.9 Å². The van der Waals surface area contributed by atoms with Crippen molar-refractivity contribution in [1.82, 2.24) is 9.78 Å². The minimum absolute atomic E-state index is 0.110. The van der Waals surface area contributed by atoms with E-state index in [1.165, 1.54) is 0 Å². The summed E-state index contributed by atoms with van der Waals surface area (Å²) in [5.74, 6) is 0.217. The molecule has 28 heavy (non-hydrogen) atoms. The maximum absolute atomic E-state index is 12.4. The Morgan fingerprint density at radius 2 is 1.82 bits per heavy atom. The first-order chi connectivity index (χ1) is 13.5.